The Kier molecular flexibility index (Phi) is 4.87. The normalized spacial score (nSPS) is 20.8. The van der Waals surface area contributed by atoms with E-state index in [4.69, 9.17) is 0 Å². The quantitative estimate of drug-likeness (QED) is 0.787. The molecule has 0 saturated carbocycles. The first-order chi connectivity index (χ1) is 11.0. The van der Waals surface area contributed by atoms with Crippen LogP contribution in [0.25, 0.3) is 0 Å². The fourth-order valence-corrected chi connectivity index (χ4v) is 3.39. The molecule has 126 valence electrons. The molecule has 2 aliphatic heterocycles. The summed E-state index contributed by atoms with van der Waals surface area (Å²) in [6, 6.07) is 6.36. The minimum absolute atomic E-state index is 0.156. The monoisotopic (exact) mass is 316 g/mol. The van der Waals surface area contributed by atoms with Crippen LogP contribution in [0.5, 0.6) is 0 Å². The number of rotatable bonds is 3. The van der Waals surface area contributed by atoms with Crippen molar-refractivity contribution in [2.75, 3.05) is 76.3 Å². The fourth-order valence-electron chi connectivity index (χ4n) is 3.39. The van der Waals surface area contributed by atoms with E-state index in [1.54, 1.807) is 6.92 Å². The van der Waals surface area contributed by atoms with E-state index in [1.165, 1.54) is 5.69 Å². The molecule has 2 saturated heterocycles. The van der Waals surface area contributed by atoms with Crippen LogP contribution in [0.4, 0.5) is 11.4 Å². The van der Waals surface area contributed by atoms with Gasteiger partial charge in [0.2, 0.25) is 0 Å². The van der Waals surface area contributed by atoms with Crippen molar-refractivity contribution in [2.45, 2.75) is 6.92 Å². The Hall–Kier alpha value is -1.59. The third-order valence-electron chi connectivity index (χ3n) is 5.07. The lowest BCUT2D eigenvalue weighted by atomic mass is 10.1. The zero-order valence-corrected chi connectivity index (χ0v) is 14.6. The first-order valence-electron chi connectivity index (χ1n) is 8.56. The summed E-state index contributed by atoms with van der Waals surface area (Å²) in [5.74, 6) is 0.156. The van der Waals surface area contributed by atoms with Crippen molar-refractivity contribution >= 4 is 17.2 Å². The van der Waals surface area contributed by atoms with Gasteiger partial charge in [-0.3, -0.25) is 4.79 Å². The molecule has 1 aromatic rings. The predicted octanol–water partition coefficient (Wildman–Crippen LogP) is 1.39. The van der Waals surface area contributed by atoms with Crippen molar-refractivity contribution in [3.8, 4) is 0 Å². The third-order valence-corrected chi connectivity index (χ3v) is 5.07. The molecule has 0 unspecified atom stereocenters. The molecule has 0 N–H and O–H groups in total. The van der Waals surface area contributed by atoms with E-state index in [9.17, 15) is 4.79 Å². The van der Waals surface area contributed by atoms with Crippen molar-refractivity contribution in [2.24, 2.45) is 0 Å². The van der Waals surface area contributed by atoms with Gasteiger partial charge in [-0.1, -0.05) is 0 Å². The van der Waals surface area contributed by atoms with Crippen molar-refractivity contribution in [1.82, 2.24) is 9.80 Å². The number of ketones is 1. The molecular formula is C18H28N4O. The standard InChI is InChI=1S/C18H28N4O/c1-15(23)17-5-4-16(21-10-6-19(2)7-11-21)14-18(17)22-12-8-20(3)9-13-22/h4-5,14H,6-13H2,1-3H3. The zero-order chi connectivity index (χ0) is 16.4. The number of hydrogen-bond donors (Lipinski definition) is 0. The second-order valence-electron chi connectivity index (χ2n) is 6.84. The van der Waals surface area contributed by atoms with Crippen molar-refractivity contribution < 1.29 is 4.79 Å². The van der Waals surface area contributed by atoms with Gasteiger partial charge < -0.3 is 19.6 Å². The van der Waals surface area contributed by atoms with Crippen LogP contribution in [0.3, 0.4) is 0 Å². The van der Waals surface area contributed by atoms with E-state index in [1.807, 2.05) is 6.07 Å². The molecule has 3 rings (SSSR count). The number of benzene rings is 1. The highest BCUT2D eigenvalue weighted by atomic mass is 16.1. The maximum absolute atomic E-state index is 12.0. The number of nitrogens with zero attached hydrogens (tertiary/aromatic N) is 4. The number of carbonyl (C=O) groups excluding carboxylic acids is 1. The van der Waals surface area contributed by atoms with Crippen LogP contribution in [0.1, 0.15) is 17.3 Å². The van der Waals surface area contributed by atoms with E-state index >= 15 is 0 Å². The lowest BCUT2D eigenvalue weighted by molar-refractivity contribution is 0.101. The van der Waals surface area contributed by atoms with Crippen molar-refractivity contribution in [3.63, 3.8) is 0 Å². The lowest BCUT2D eigenvalue weighted by Gasteiger charge is -2.37. The number of Topliss-reactive ketones (excluding diaryl/α,β-unsaturated/α-hetero) is 1. The van der Waals surface area contributed by atoms with Gasteiger partial charge in [-0.25, -0.2) is 0 Å². The third kappa shape index (κ3) is 3.67. The van der Waals surface area contributed by atoms with Gasteiger partial charge >= 0.3 is 0 Å². The van der Waals surface area contributed by atoms with E-state index < -0.39 is 0 Å². The molecule has 0 radical (unpaired) electrons. The highest BCUT2D eigenvalue weighted by Crippen LogP contribution is 2.29. The Morgan fingerprint density at radius 2 is 1.35 bits per heavy atom. The molecular weight excluding hydrogens is 288 g/mol. The number of piperazine rings is 2. The van der Waals surface area contributed by atoms with Gasteiger partial charge in [0.15, 0.2) is 5.78 Å². The largest absolute Gasteiger partial charge is 0.369 e. The minimum atomic E-state index is 0.156. The molecule has 0 aliphatic carbocycles. The summed E-state index contributed by atoms with van der Waals surface area (Å²) in [6.45, 7) is 10.1. The lowest BCUT2D eigenvalue weighted by Crippen LogP contribution is -2.46. The molecule has 2 aliphatic rings. The molecule has 0 aromatic heterocycles. The molecule has 5 heteroatoms. The van der Waals surface area contributed by atoms with Gasteiger partial charge in [-0.2, -0.15) is 0 Å². The Morgan fingerprint density at radius 1 is 0.826 bits per heavy atom. The maximum Gasteiger partial charge on any atom is 0.161 e. The summed E-state index contributed by atoms with van der Waals surface area (Å²) < 4.78 is 0. The maximum atomic E-state index is 12.0. The van der Waals surface area contributed by atoms with Gasteiger partial charge in [0.1, 0.15) is 0 Å². The molecule has 0 bridgehead atoms. The van der Waals surface area contributed by atoms with E-state index in [0.29, 0.717) is 0 Å². The van der Waals surface area contributed by atoms with E-state index in [-0.39, 0.29) is 5.78 Å². The Labute approximate surface area is 139 Å². The average molecular weight is 316 g/mol. The second kappa shape index (κ2) is 6.89. The molecule has 1 aromatic carbocycles. The molecule has 2 heterocycles. The predicted molar refractivity (Wildman–Crippen MR) is 95.9 cm³/mol. The van der Waals surface area contributed by atoms with E-state index in [2.05, 4.69) is 45.8 Å². The molecule has 0 amide bonds. The van der Waals surface area contributed by atoms with Gasteiger partial charge in [-0.05, 0) is 39.2 Å². The van der Waals surface area contributed by atoms with Crippen molar-refractivity contribution in [3.05, 3.63) is 23.8 Å². The summed E-state index contributed by atoms with van der Waals surface area (Å²) >= 11 is 0. The Balaban J connectivity index is 1.86. The summed E-state index contributed by atoms with van der Waals surface area (Å²) in [5.41, 5.74) is 3.21. The fraction of sp³-hybridized carbons (Fsp3) is 0.611. The number of hydrogen-bond acceptors (Lipinski definition) is 5. The van der Waals surface area contributed by atoms with Crippen LogP contribution in [0, 0.1) is 0 Å². The number of likely N-dealkylation sites (N-methyl/N-ethyl adjacent to an activating group) is 2. The zero-order valence-electron chi connectivity index (χ0n) is 14.6. The smallest absolute Gasteiger partial charge is 0.161 e. The van der Waals surface area contributed by atoms with Gasteiger partial charge in [-0.15, -0.1) is 0 Å². The first-order valence-corrected chi connectivity index (χ1v) is 8.56. The first kappa shape index (κ1) is 16.3. The van der Waals surface area contributed by atoms with Crippen molar-refractivity contribution in [1.29, 1.82) is 0 Å². The Morgan fingerprint density at radius 3 is 1.87 bits per heavy atom. The molecule has 2 fully saturated rings. The summed E-state index contributed by atoms with van der Waals surface area (Å²) in [6.07, 6.45) is 0. The second-order valence-corrected chi connectivity index (χ2v) is 6.84. The van der Waals surface area contributed by atoms with Crippen LogP contribution in [-0.2, 0) is 0 Å². The Bertz CT molecular complexity index is 558. The highest BCUT2D eigenvalue weighted by Gasteiger charge is 2.21. The van der Waals surface area contributed by atoms with Gasteiger partial charge in [0.25, 0.3) is 0 Å². The summed E-state index contributed by atoms with van der Waals surface area (Å²) in [5, 5.41) is 0. The minimum Gasteiger partial charge on any atom is -0.369 e. The van der Waals surface area contributed by atoms with Crippen LogP contribution in [0.15, 0.2) is 18.2 Å². The number of carbonyl (C=O) groups is 1. The number of anilines is 2. The van der Waals surface area contributed by atoms with Crippen LogP contribution >= 0.6 is 0 Å². The molecule has 23 heavy (non-hydrogen) atoms. The average Bonchev–Trinajstić information content (AvgIpc) is 2.55. The molecule has 0 spiro atoms. The van der Waals surface area contributed by atoms with Crippen LogP contribution < -0.4 is 9.80 Å². The highest BCUT2D eigenvalue weighted by molar-refractivity contribution is 6.00. The van der Waals surface area contributed by atoms with Gasteiger partial charge in [0, 0.05) is 69.3 Å². The summed E-state index contributed by atoms with van der Waals surface area (Å²) in [7, 11) is 4.33. The summed E-state index contributed by atoms with van der Waals surface area (Å²) in [4.78, 5) is 21.6. The van der Waals surface area contributed by atoms with E-state index in [0.717, 1.165) is 63.6 Å². The molecule has 5 nitrogen and oxygen atoms in total. The van der Waals surface area contributed by atoms with Crippen LogP contribution in [0.2, 0.25) is 0 Å². The SMILES string of the molecule is CC(=O)c1ccc(N2CCN(C)CC2)cc1N1CCN(C)CC1. The van der Waals surface area contributed by atoms with Crippen LogP contribution in [-0.4, -0.2) is 82.0 Å². The topological polar surface area (TPSA) is 30.0 Å². The van der Waals surface area contributed by atoms with Gasteiger partial charge in [0.05, 0.1) is 0 Å². The molecule has 0 atom stereocenters.